The molecule has 0 amide bonds. The molecule has 0 unspecified atom stereocenters. The highest BCUT2D eigenvalue weighted by Crippen LogP contribution is 2.34. The molecule has 3 nitrogen and oxygen atoms in total. The molecule has 3 heteroatoms. The Bertz CT molecular complexity index is 2200. The van der Waals surface area contributed by atoms with Crippen molar-refractivity contribution in [2.24, 2.45) is 0 Å². The molecule has 0 aliphatic rings. The predicted molar refractivity (Wildman–Crippen MR) is 182 cm³/mol. The average molecular weight is 562 g/mol. The SMILES string of the molecule is c1ccc(-c2cc(-c3ccccc3)cc(-c3nc(-c4ccccc4)nc(-c4ccc5c(ccc6ccccc65)c4)n3)c2)cc1. The molecule has 0 aliphatic heterocycles. The molecule has 0 aliphatic carbocycles. The number of fused-ring (bicyclic) bond motifs is 3. The lowest BCUT2D eigenvalue weighted by Crippen LogP contribution is -2.00. The minimum atomic E-state index is 0.641. The Morgan fingerprint density at radius 1 is 0.250 bits per heavy atom. The monoisotopic (exact) mass is 561 g/mol. The van der Waals surface area contributed by atoms with E-state index in [-0.39, 0.29) is 0 Å². The van der Waals surface area contributed by atoms with Crippen molar-refractivity contribution in [1.29, 1.82) is 0 Å². The first-order valence-electron chi connectivity index (χ1n) is 14.8. The van der Waals surface area contributed by atoms with E-state index >= 15 is 0 Å². The summed E-state index contributed by atoms with van der Waals surface area (Å²) < 4.78 is 0. The Balaban J connectivity index is 1.34. The van der Waals surface area contributed by atoms with Crippen molar-refractivity contribution in [2.75, 3.05) is 0 Å². The van der Waals surface area contributed by atoms with E-state index < -0.39 is 0 Å². The van der Waals surface area contributed by atoms with E-state index in [1.807, 2.05) is 42.5 Å². The molecule has 44 heavy (non-hydrogen) atoms. The number of aromatic nitrogens is 3. The van der Waals surface area contributed by atoms with E-state index in [4.69, 9.17) is 15.0 Å². The molecule has 8 aromatic rings. The van der Waals surface area contributed by atoms with Crippen molar-refractivity contribution >= 4 is 21.5 Å². The molecule has 0 fully saturated rings. The van der Waals surface area contributed by atoms with Crippen LogP contribution < -0.4 is 0 Å². The quantitative estimate of drug-likeness (QED) is 0.196. The summed E-state index contributed by atoms with van der Waals surface area (Å²) >= 11 is 0. The smallest absolute Gasteiger partial charge is 0.164 e. The minimum Gasteiger partial charge on any atom is -0.208 e. The van der Waals surface area contributed by atoms with Gasteiger partial charge in [0.1, 0.15) is 0 Å². The van der Waals surface area contributed by atoms with Gasteiger partial charge in [0, 0.05) is 16.7 Å². The van der Waals surface area contributed by atoms with Gasteiger partial charge in [0.05, 0.1) is 0 Å². The lowest BCUT2D eigenvalue weighted by atomic mass is 9.96. The summed E-state index contributed by atoms with van der Waals surface area (Å²) in [7, 11) is 0. The molecule has 7 aromatic carbocycles. The molecule has 1 aromatic heterocycles. The average Bonchev–Trinajstić information content (AvgIpc) is 3.12. The molecular weight excluding hydrogens is 534 g/mol. The van der Waals surface area contributed by atoms with Crippen LogP contribution in [0.15, 0.2) is 164 Å². The van der Waals surface area contributed by atoms with Gasteiger partial charge < -0.3 is 0 Å². The topological polar surface area (TPSA) is 38.7 Å². The predicted octanol–water partition coefficient (Wildman–Crippen LogP) is 10.5. The number of benzene rings is 7. The molecule has 0 N–H and O–H groups in total. The molecule has 0 spiro atoms. The molecule has 1 heterocycles. The van der Waals surface area contributed by atoms with E-state index in [1.165, 1.54) is 16.2 Å². The van der Waals surface area contributed by atoms with Crippen LogP contribution >= 0.6 is 0 Å². The molecule has 0 saturated heterocycles. The first-order chi connectivity index (χ1) is 21.8. The van der Waals surface area contributed by atoms with Gasteiger partial charge in [-0.3, -0.25) is 0 Å². The summed E-state index contributed by atoms with van der Waals surface area (Å²) in [5.74, 6) is 1.94. The molecule has 0 radical (unpaired) electrons. The van der Waals surface area contributed by atoms with E-state index in [0.717, 1.165) is 44.3 Å². The summed E-state index contributed by atoms with van der Waals surface area (Å²) in [5.41, 5.74) is 7.36. The molecular formula is C41H27N3. The van der Waals surface area contributed by atoms with E-state index in [1.54, 1.807) is 0 Å². The van der Waals surface area contributed by atoms with Crippen molar-refractivity contribution in [2.45, 2.75) is 0 Å². The van der Waals surface area contributed by atoms with Crippen LogP contribution in [0.1, 0.15) is 0 Å². The van der Waals surface area contributed by atoms with Gasteiger partial charge >= 0.3 is 0 Å². The van der Waals surface area contributed by atoms with Crippen molar-refractivity contribution in [1.82, 2.24) is 15.0 Å². The van der Waals surface area contributed by atoms with Crippen LogP contribution in [-0.4, -0.2) is 15.0 Å². The van der Waals surface area contributed by atoms with Gasteiger partial charge in [0.2, 0.25) is 0 Å². The Morgan fingerprint density at radius 2 is 0.705 bits per heavy atom. The second-order valence-corrected chi connectivity index (χ2v) is 10.9. The van der Waals surface area contributed by atoms with Crippen molar-refractivity contribution < 1.29 is 0 Å². The number of hydrogen-bond acceptors (Lipinski definition) is 3. The molecule has 206 valence electrons. The minimum absolute atomic E-state index is 0.641. The van der Waals surface area contributed by atoms with Crippen molar-refractivity contribution in [3.63, 3.8) is 0 Å². The number of rotatable bonds is 5. The Morgan fingerprint density at radius 3 is 1.34 bits per heavy atom. The molecule has 8 rings (SSSR count). The maximum atomic E-state index is 5.12. The van der Waals surface area contributed by atoms with Crippen molar-refractivity contribution in [3.05, 3.63) is 164 Å². The molecule has 0 atom stereocenters. The lowest BCUT2D eigenvalue weighted by Gasteiger charge is -2.13. The Labute approximate surface area is 256 Å². The zero-order valence-corrected chi connectivity index (χ0v) is 23.9. The third-order valence-corrected chi connectivity index (χ3v) is 8.08. The third kappa shape index (κ3) is 4.91. The highest BCUT2D eigenvalue weighted by molar-refractivity contribution is 6.08. The Kier molecular flexibility index (Phi) is 6.47. The number of hydrogen-bond donors (Lipinski definition) is 0. The summed E-state index contributed by atoms with van der Waals surface area (Å²) in [6, 6.07) is 57.0. The normalized spacial score (nSPS) is 11.2. The maximum absolute atomic E-state index is 5.12. The summed E-state index contributed by atoms with van der Waals surface area (Å²) in [6.45, 7) is 0. The highest BCUT2D eigenvalue weighted by atomic mass is 15.0. The molecule has 0 bridgehead atoms. The van der Waals surface area contributed by atoms with Crippen LogP contribution in [0.5, 0.6) is 0 Å². The largest absolute Gasteiger partial charge is 0.208 e. The number of nitrogens with zero attached hydrogens (tertiary/aromatic N) is 3. The van der Waals surface area contributed by atoms with E-state index in [2.05, 4.69) is 121 Å². The van der Waals surface area contributed by atoms with Crippen LogP contribution in [0.25, 0.3) is 78.0 Å². The zero-order valence-electron chi connectivity index (χ0n) is 23.9. The standard InChI is InChI=1S/C41H27N3/c1-4-12-28(13-5-1)34-25-35(29-14-6-2-7-15-29)27-36(26-34)41-43-39(31-17-8-3-9-18-31)42-40(44-41)33-22-23-38-32(24-33)21-20-30-16-10-11-19-37(30)38/h1-27H. The van der Waals surface area contributed by atoms with Crippen LogP contribution in [0.3, 0.4) is 0 Å². The second-order valence-electron chi connectivity index (χ2n) is 10.9. The second kappa shape index (κ2) is 11.0. The zero-order chi connectivity index (χ0) is 29.3. The van der Waals surface area contributed by atoms with Gasteiger partial charge in [-0.1, -0.05) is 140 Å². The molecule has 0 saturated carbocycles. The van der Waals surface area contributed by atoms with Gasteiger partial charge in [-0.05, 0) is 68.1 Å². The fourth-order valence-corrected chi connectivity index (χ4v) is 5.85. The first kappa shape index (κ1) is 25.8. The maximum Gasteiger partial charge on any atom is 0.164 e. The lowest BCUT2D eigenvalue weighted by molar-refractivity contribution is 1.07. The van der Waals surface area contributed by atoms with E-state index in [9.17, 15) is 0 Å². The van der Waals surface area contributed by atoms with Gasteiger partial charge in [-0.25, -0.2) is 15.0 Å². The van der Waals surface area contributed by atoms with Gasteiger partial charge in [0.25, 0.3) is 0 Å². The van der Waals surface area contributed by atoms with E-state index in [0.29, 0.717) is 17.5 Å². The van der Waals surface area contributed by atoms with Crippen LogP contribution in [0.4, 0.5) is 0 Å². The summed E-state index contributed by atoms with van der Waals surface area (Å²) in [4.78, 5) is 15.2. The van der Waals surface area contributed by atoms with Gasteiger partial charge in [-0.15, -0.1) is 0 Å². The van der Waals surface area contributed by atoms with Gasteiger partial charge in [0.15, 0.2) is 17.5 Å². The fourth-order valence-electron chi connectivity index (χ4n) is 5.85. The third-order valence-electron chi connectivity index (χ3n) is 8.08. The summed E-state index contributed by atoms with van der Waals surface area (Å²) in [5, 5.41) is 4.84. The van der Waals surface area contributed by atoms with Crippen molar-refractivity contribution in [3.8, 4) is 56.4 Å². The highest BCUT2D eigenvalue weighted by Gasteiger charge is 2.15. The Hall–Kier alpha value is -5.93. The van der Waals surface area contributed by atoms with Crippen LogP contribution in [0.2, 0.25) is 0 Å². The van der Waals surface area contributed by atoms with Crippen LogP contribution in [-0.2, 0) is 0 Å². The fraction of sp³-hybridized carbons (Fsp3) is 0. The van der Waals surface area contributed by atoms with Crippen LogP contribution in [0, 0.1) is 0 Å². The first-order valence-corrected chi connectivity index (χ1v) is 14.8. The van der Waals surface area contributed by atoms with Gasteiger partial charge in [-0.2, -0.15) is 0 Å². The summed E-state index contributed by atoms with van der Waals surface area (Å²) in [6.07, 6.45) is 0.